The molecule has 0 aromatic rings. The average Bonchev–Trinajstić information content (AvgIpc) is 2.00. The minimum Gasteiger partial charge on any atom is -0.481 e. The number of carboxylic acids is 1. The van der Waals surface area contributed by atoms with Gasteiger partial charge >= 0.3 is 11.9 Å². The van der Waals surface area contributed by atoms with E-state index in [0.29, 0.717) is 0 Å². The number of rotatable bonds is 5. The van der Waals surface area contributed by atoms with E-state index in [-0.39, 0.29) is 24.4 Å². The van der Waals surface area contributed by atoms with Crippen molar-refractivity contribution in [3.63, 3.8) is 0 Å². The number of aliphatic carboxylic acids is 1. The monoisotopic (exact) mass is 230 g/mol. The molecule has 0 saturated heterocycles. The second-order valence-corrected chi connectivity index (χ2v) is 2.81. The molecule has 0 atom stereocenters. The smallest absolute Gasteiger partial charge is 0.318 e. The van der Waals surface area contributed by atoms with Gasteiger partial charge in [0.05, 0.1) is 6.26 Å². The van der Waals surface area contributed by atoms with Crippen LogP contribution >= 0.6 is 0 Å². The molecule has 0 aromatic heterocycles. The van der Waals surface area contributed by atoms with Crippen LogP contribution in [0.1, 0.15) is 26.7 Å². The molecule has 0 saturated carbocycles. The summed E-state index contributed by atoms with van der Waals surface area (Å²) >= 11 is 0. The predicted octanol–water partition coefficient (Wildman–Crippen LogP) is 0.702. The maximum absolute atomic E-state index is 10.3. The number of esters is 1. The molecule has 0 spiro atoms. The Morgan fingerprint density at radius 1 is 1.12 bits per heavy atom. The molecule has 0 fully saturated rings. The number of ether oxygens (including phenoxy) is 1. The topological polar surface area (TPSA) is 97.7 Å². The van der Waals surface area contributed by atoms with Crippen molar-refractivity contribution in [1.82, 2.24) is 0 Å². The number of carbonyl (C=O) groups excluding carboxylic acids is 3. The molecule has 6 heteroatoms. The Morgan fingerprint density at radius 2 is 1.56 bits per heavy atom. The summed E-state index contributed by atoms with van der Waals surface area (Å²) in [4.78, 5) is 40.0. The van der Waals surface area contributed by atoms with E-state index in [1.165, 1.54) is 13.8 Å². The molecule has 0 amide bonds. The highest BCUT2D eigenvalue weighted by Gasteiger charge is 2.02. The highest BCUT2D eigenvalue weighted by molar-refractivity contribution is 5.94. The number of hydrogen-bond acceptors (Lipinski definition) is 5. The lowest BCUT2D eigenvalue weighted by Gasteiger charge is -1.92. The first kappa shape index (κ1) is 16.4. The van der Waals surface area contributed by atoms with Crippen molar-refractivity contribution in [2.24, 2.45) is 0 Å². The molecule has 0 aliphatic heterocycles. The summed E-state index contributed by atoms with van der Waals surface area (Å²) in [6.45, 7) is 5.72. The second-order valence-electron chi connectivity index (χ2n) is 2.81. The summed E-state index contributed by atoms with van der Waals surface area (Å²) in [6, 6.07) is 0. The Labute approximate surface area is 92.9 Å². The van der Waals surface area contributed by atoms with Gasteiger partial charge in [-0.2, -0.15) is 0 Å². The Balaban J connectivity index is 0. The van der Waals surface area contributed by atoms with Crippen molar-refractivity contribution in [3.05, 3.63) is 12.8 Å². The van der Waals surface area contributed by atoms with Gasteiger partial charge in [-0.25, -0.2) is 0 Å². The lowest BCUT2D eigenvalue weighted by Crippen LogP contribution is -2.04. The summed E-state index contributed by atoms with van der Waals surface area (Å²) in [7, 11) is 0. The Morgan fingerprint density at radius 3 is 1.75 bits per heavy atom. The second kappa shape index (κ2) is 9.57. The molecule has 1 N–H and O–H groups in total. The largest absolute Gasteiger partial charge is 0.481 e. The van der Waals surface area contributed by atoms with Gasteiger partial charge in [-0.1, -0.05) is 6.58 Å². The van der Waals surface area contributed by atoms with E-state index in [4.69, 9.17) is 5.11 Å². The molecular weight excluding hydrogens is 216 g/mol. The molecule has 0 unspecified atom stereocenters. The van der Waals surface area contributed by atoms with E-state index in [0.717, 1.165) is 6.26 Å². The van der Waals surface area contributed by atoms with E-state index >= 15 is 0 Å². The van der Waals surface area contributed by atoms with Crippen LogP contribution in [0.2, 0.25) is 0 Å². The SMILES string of the molecule is C=COC(=O)CC(C)=O.CC(=O)CC(=O)O. The first-order chi connectivity index (χ1) is 7.29. The van der Waals surface area contributed by atoms with Crippen LogP contribution in [0.4, 0.5) is 0 Å². The van der Waals surface area contributed by atoms with Gasteiger partial charge in [0.25, 0.3) is 0 Å². The molecule has 90 valence electrons. The maximum Gasteiger partial charge on any atom is 0.318 e. The third kappa shape index (κ3) is 17.9. The first-order valence-corrected chi connectivity index (χ1v) is 4.30. The summed E-state index contributed by atoms with van der Waals surface area (Å²) in [5, 5.41) is 7.86. The van der Waals surface area contributed by atoms with Gasteiger partial charge in [-0.3, -0.25) is 19.2 Å². The van der Waals surface area contributed by atoms with E-state index in [1.807, 2.05) is 0 Å². The van der Waals surface area contributed by atoms with Gasteiger partial charge in [0, 0.05) is 0 Å². The average molecular weight is 230 g/mol. The molecule has 6 nitrogen and oxygen atoms in total. The fraction of sp³-hybridized carbons (Fsp3) is 0.400. The number of hydrogen-bond donors (Lipinski definition) is 1. The van der Waals surface area contributed by atoms with Gasteiger partial charge in [0.15, 0.2) is 0 Å². The maximum atomic E-state index is 10.3. The zero-order valence-electron chi connectivity index (χ0n) is 9.19. The number of Topliss-reactive ketones (excluding diaryl/α,β-unsaturated/α-hetero) is 2. The Kier molecular flexibility index (Phi) is 9.84. The minimum atomic E-state index is -1.06. The minimum absolute atomic E-state index is 0.175. The zero-order valence-corrected chi connectivity index (χ0v) is 9.19. The lowest BCUT2D eigenvalue weighted by molar-refractivity contribution is -0.141. The van der Waals surface area contributed by atoms with Gasteiger partial charge < -0.3 is 9.84 Å². The van der Waals surface area contributed by atoms with Gasteiger partial charge in [0.1, 0.15) is 24.4 Å². The highest BCUT2D eigenvalue weighted by Crippen LogP contribution is 1.86. The van der Waals surface area contributed by atoms with E-state index in [1.54, 1.807) is 0 Å². The van der Waals surface area contributed by atoms with Crippen LogP contribution in [0.5, 0.6) is 0 Å². The van der Waals surface area contributed by atoms with E-state index < -0.39 is 11.9 Å². The first-order valence-electron chi connectivity index (χ1n) is 4.30. The van der Waals surface area contributed by atoms with Crippen LogP contribution in [-0.2, 0) is 23.9 Å². The highest BCUT2D eigenvalue weighted by atomic mass is 16.5. The molecule has 0 aliphatic carbocycles. The predicted molar refractivity (Wildman–Crippen MR) is 54.5 cm³/mol. The lowest BCUT2D eigenvalue weighted by atomic mass is 10.3. The fourth-order valence-corrected chi connectivity index (χ4v) is 0.551. The van der Waals surface area contributed by atoms with E-state index in [2.05, 4.69) is 11.3 Å². The van der Waals surface area contributed by atoms with Crippen molar-refractivity contribution in [3.8, 4) is 0 Å². The summed E-state index contributed by atoms with van der Waals surface area (Å²) in [5.74, 6) is -2.14. The quantitative estimate of drug-likeness (QED) is 0.424. The Bertz CT molecular complexity index is 280. The van der Waals surface area contributed by atoms with E-state index in [9.17, 15) is 19.2 Å². The molecule has 0 rings (SSSR count). The zero-order chi connectivity index (χ0) is 13.1. The van der Waals surface area contributed by atoms with Gasteiger partial charge in [-0.15, -0.1) is 0 Å². The molecule has 16 heavy (non-hydrogen) atoms. The van der Waals surface area contributed by atoms with Crippen LogP contribution in [0.25, 0.3) is 0 Å². The summed E-state index contributed by atoms with van der Waals surface area (Å²) < 4.78 is 4.26. The normalized spacial score (nSPS) is 8.12. The van der Waals surface area contributed by atoms with Crippen LogP contribution in [0.15, 0.2) is 12.8 Å². The number of carbonyl (C=O) groups is 4. The van der Waals surface area contributed by atoms with Gasteiger partial charge in [-0.05, 0) is 13.8 Å². The van der Waals surface area contributed by atoms with Crippen molar-refractivity contribution in [2.75, 3.05) is 0 Å². The van der Waals surface area contributed by atoms with Crippen molar-refractivity contribution in [2.45, 2.75) is 26.7 Å². The molecule has 0 aliphatic rings. The fourth-order valence-electron chi connectivity index (χ4n) is 0.551. The molecule has 0 radical (unpaired) electrons. The standard InChI is InChI=1S/C6H8O3.C4H6O3/c1-3-9-6(8)4-5(2)7;1-3(5)2-4(6)7/h3H,1,4H2,2H3;2H2,1H3,(H,6,7). The van der Waals surface area contributed by atoms with Gasteiger partial charge in [0.2, 0.25) is 0 Å². The van der Waals surface area contributed by atoms with Crippen molar-refractivity contribution < 1.29 is 29.0 Å². The molecule has 0 bridgehead atoms. The van der Waals surface area contributed by atoms with Crippen LogP contribution < -0.4 is 0 Å². The summed E-state index contributed by atoms with van der Waals surface area (Å²) in [6.07, 6.45) is 0.470. The molecule has 0 heterocycles. The van der Waals surface area contributed by atoms with Crippen molar-refractivity contribution >= 4 is 23.5 Å². The van der Waals surface area contributed by atoms with Crippen LogP contribution in [-0.4, -0.2) is 28.6 Å². The molecular formula is C10H14O6. The number of carboxylic acid groups (broad SMARTS) is 1. The number of ketones is 2. The summed E-state index contributed by atoms with van der Waals surface area (Å²) in [5.41, 5.74) is 0. The third-order valence-corrected chi connectivity index (χ3v) is 1.01. The molecule has 0 aromatic carbocycles. The third-order valence-electron chi connectivity index (χ3n) is 1.01. The van der Waals surface area contributed by atoms with Crippen molar-refractivity contribution in [1.29, 1.82) is 0 Å². The Hall–Kier alpha value is -1.98. The van der Waals surface area contributed by atoms with Crippen LogP contribution in [0.3, 0.4) is 0 Å². The van der Waals surface area contributed by atoms with Crippen LogP contribution in [0, 0.1) is 0 Å².